The minimum atomic E-state index is -0.902. The Morgan fingerprint density at radius 1 is 1.23 bits per heavy atom. The number of benzene rings is 1. The number of methoxy groups -OCH3 is 2. The van der Waals surface area contributed by atoms with Crippen LogP contribution < -0.4 is 14.8 Å². The van der Waals surface area contributed by atoms with Crippen molar-refractivity contribution in [2.75, 3.05) is 27.5 Å². The smallest absolute Gasteiger partial charge is 0.187 e. The maximum atomic E-state index is 14.7. The molecule has 0 saturated heterocycles. The number of aldehydes is 1. The van der Waals surface area contributed by atoms with Gasteiger partial charge in [0.25, 0.3) is 0 Å². The van der Waals surface area contributed by atoms with Crippen molar-refractivity contribution < 1.29 is 23.0 Å². The van der Waals surface area contributed by atoms with E-state index < -0.39 is 11.6 Å². The first-order valence-electron chi connectivity index (χ1n) is 7.36. The zero-order valence-corrected chi connectivity index (χ0v) is 15.4. The molecule has 0 spiro atoms. The summed E-state index contributed by atoms with van der Waals surface area (Å²) in [4.78, 5) is 19.5. The lowest BCUT2D eigenvalue weighted by molar-refractivity contribution is 0.111. The van der Waals surface area contributed by atoms with Crippen LogP contribution in [0.5, 0.6) is 11.5 Å². The molecule has 0 aliphatic heterocycles. The quantitative estimate of drug-likeness (QED) is 0.449. The van der Waals surface area contributed by atoms with Crippen molar-refractivity contribution in [1.29, 1.82) is 0 Å². The van der Waals surface area contributed by atoms with E-state index >= 15 is 0 Å². The van der Waals surface area contributed by atoms with Crippen LogP contribution in [0.3, 0.4) is 0 Å². The van der Waals surface area contributed by atoms with Gasteiger partial charge in [-0.25, -0.2) is 18.7 Å². The van der Waals surface area contributed by atoms with E-state index in [0.29, 0.717) is 17.0 Å². The summed E-state index contributed by atoms with van der Waals surface area (Å²) in [6.07, 6.45) is 5.12. The first-order valence-corrected chi connectivity index (χ1v) is 8.59. The molecule has 9 heteroatoms. The lowest BCUT2D eigenvalue weighted by atomic mass is 10.1. The first kappa shape index (κ1) is 19.6. The van der Waals surface area contributed by atoms with Gasteiger partial charge in [0.05, 0.1) is 19.8 Å². The Kier molecular flexibility index (Phi) is 6.51. The standard InChI is InChI=1S/C17H17F2N3O3S/c1-20-10(5-9-7-21-17(26-4)22-11(9)8-23)14-15(18)12(24-2)6-13(25-3)16(14)19/h5-8,20H,1-4H3/b10-5-. The van der Waals surface area contributed by atoms with E-state index in [-0.39, 0.29) is 28.5 Å². The van der Waals surface area contributed by atoms with Gasteiger partial charge in [0, 0.05) is 30.6 Å². The van der Waals surface area contributed by atoms with E-state index in [1.807, 2.05) is 0 Å². The Morgan fingerprint density at radius 2 is 1.85 bits per heavy atom. The van der Waals surface area contributed by atoms with Gasteiger partial charge in [0.2, 0.25) is 0 Å². The van der Waals surface area contributed by atoms with Crippen LogP contribution in [-0.4, -0.2) is 43.8 Å². The van der Waals surface area contributed by atoms with Crippen LogP contribution in [0.25, 0.3) is 11.8 Å². The molecular weight excluding hydrogens is 364 g/mol. The van der Waals surface area contributed by atoms with Gasteiger partial charge in [-0.15, -0.1) is 0 Å². The van der Waals surface area contributed by atoms with Gasteiger partial charge in [0.1, 0.15) is 5.69 Å². The molecule has 6 nitrogen and oxygen atoms in total. The first-order chi connectivity index (χ1) is 12.5. The van der Waals surface area contributed by atoms with Crippen molar-refractivity contribution >= 4 is 29.8 Å². The predicted molar refractivity (Wildman–Crippen MR) is 95.6 cm³/mol. The summed E-state index contributed by atoms with van der Waals surface area (Å²) in [6.45, 7) is 0. The van der Waals surface area contributed by atoms with Gasteiger partial charge in [-0.05, 0) is 12.3 Å². The summed E-state index contributed by atoms with van der Waals surface area (Å²) in [6, 6.07) is 1.12. The van der Waals surface area contributed by atoms with Gasteiger partial charge in [0.15, 0.2) is 34.6 Å². The number of rotatable bonds is 7. The van der Waals surface area contributed by atoms with Gasteiger partial charge in [-0.1, -0.05) is 11.8 Å². The molecule has 0 amide bonds. The van der Waals surface area contributed by atoms with Crippen molar-refractivity contribution in [2.45, 2.75) is 5.16 Å². The summed E-state index contributed by atoms with van der Waals surface area (Å²) >= 11 is 1.27. The fraction of sp³-hybridized carbons (Fsp3) is 0.235. The van der Waals surface area contributed by atoms with E-state index in [4.69, 9.17) is 9.47 Å². The monoisotopic (exact) mass is 381 g/mol. The highest BCUT2D eigenvalue weighted by Gasteiger charge is 2.23. The molecular formula is C17H17F2N3O3S. The van der Waals surface area contributed by atoms with Crippen molar-refractivity contribution in [3.63, 3.8) is 0 Å². The Labute approximate surface area is 153 Å². The number of aromatic nitrogens is 2. The third kappa shape index (κ3) is 3.77. The Bertz CT molecular complexity index is 831. The van der Waals surface area contributed by atoms with Crippen molar-refractivity contribution in [3.05, 3.63) is 40.7 Å². The maximum absolute atomic E-state index is 14.7. The molecule has 0 unspecified atom stereocenters. The van der Waals surface area contributed by atoms with Crippen LogP contribution in [0, 0.1) is 11.6 Å². The number of ether oxygens (including phenoxy) is 2. The zero-order valence-electron chi connectivity index (χ0n) is 14.6. The molecule has 2 aromatic rings. The summed E-state index contributed by atoms with van der Waals surface area (Å²) in [5.74, 6) is -2.16. The Morgan fingerprint density at radius 3 is 2.31 bits per heavy atom. The highest BCUT2D eigenvalue weighted by atomic mass is 32.2. The van der Waals surface area contributed by atoms with E-state index in [1.54, 1.807) is 6.26 Å². The second-order valence-corrected chi connectivity index (χ2v) is 5.68. The molecule has 1 N–H and O–H groups in total. The molecule has 1 heterocycles. The summed E-state index contributed by atoms with van der Waals surface area (Å²) in [5, 5.41) is 3.14. The SMILES string of the molecule is CN/C(=C\c1cnc(SC)nc1C=O)c1c(F)c(OC)cc(OC)c1F. The molecule has 0 saturated carbocycles. The summed E-state index contributed by atoms with van der Waals surface area (Å²) in [7, 11) is 4.03. The molecule has 0 fully saturated rings. The number of carbonyl (C=O) groups excluding carboxylic acids is 1. The van der Waals surface area contributed by atoms with Crippen LogP contribution in [0.2, 0.25) is 0 Å². The van der Waals surface area contributed by atoms with Crippen molar-refractivity contribution in [2.24, 2.45) is 0 Å². The highest BCUT2D eigenvalue weighted by Crippen LogP contribution is 2.35. The highest BCUT2D eigenvalue weighted by molar-refractivity contribution is 7.98. The lowest BCUT2D eigenvalue weighted by Gasteiger charge is -2.15. The molecule has 138 valence electrons. The van der Waals surface area contributed by atoms with Gasteiger partial charge in [-0.3, -0.25) is 4.79 Å². The van der Waals surface area contributed by atoms with Crippen LogP contribution in [-0.2, 0) is 0 Å². The fourth-order valence-corrected chi connectivity index (χ4v) is 2.59. The molecule has 0 aliphatic carbocycles. The summed E-state index contributed by atoms with van der Waals surface area (Å²) in [5.41, 5.74) is 0.103. The van der Waals surface area contributed by atoms with Crippen molar-refractivity contribution in [3.8, 4) is 11.5 Å². The third-order valence-corrected chi connectivity index (χ3v) is 4.09. The minimum Gasteiger partial charge on any atom is -0.494 e. The van der Waals surface area contributed by atoms with Crippen LogP contribution in [0.15, 0.2) is 17.4 Å². The molecule has 0 aliphatic rings. The summed E-state index contributed by atoms with van der Waals surface area (Å²) < 4.78 is 39.3. The van der Waals surface area contributed by atoms with Crippen molar-refractivity contribution in [1.82, 2.24) is 15.3 Å². The van der Waals surface area contributed by atoms with E-state index in [1.165, 1.54) is 45.3 Å². The number of nitrogens with zero attached hydrogens (tertiary/aromatic N) is 2. The maximum Gasteiger partial charge on any atom is 0.187 e. The molecule has 0 atom stereocenters. The van der Waals surface area contributed by atoms with Gasteiger partial charge in [-0.2, -0.15) is 0 Å². The molecule has 1 aromatic heterocycles. The second-order valence-electron chi connectivity index (χ2n) is 4.91. The number of hydrogen-bond donors (Lipinski definition) is 1. The average Bonchev–Trinajstić information content (AvgIpc) is 2.67. The molecule has 1 aromatic carbocycles. The van der Waals surface area contributed by atoms with E-state index in [9.17, 15) is 13.6 Å². The molecule has 0 radical (unpaired) electrons. The predicted octanol–water partition coefficient (Wildman–Crippen LogP) is 3.02. The van der Waals surface area contributed by atoms with Crippen LogP contribution in [0.4, 0.5) is 8.78 Å². The zero-order chi connectivity index (χ0) is 19.3. The number of carbonyl (C=O) groups is 1. The van der Waals surface area contributed by atoms with E-state index in [2.05, 4.69) is 15.3 Å². The van der Waals surface area contributed by atoms with Crippen LogP contribution in [0.1, 0.15) is 21.6 Å². The second kappa shape index (κ2) is 8.61. The third-order valence-electron chi connectivity index (χ3n) is 3.53. The van der Waals surface area contributed by atoms with Gasteiger partial charge >= 0.3 is 0 Å². The number of nitrogens with one attached hydrogen (secondary N) is 1. The number of thioether (sulfide) groups is 1. The number of hydrogen-bond acceptors (Lipinski definition) is 7. The lowest BCUT2D eigenvalue weighted by Crippen LogP contribution is -2.11. The van der Waals surface area contributed by atoms with Gasteiger partial charge < -0.3 is 14.8 Å². The topological polar surface area (TPSA) is 73.3 Å². The molecule has 2 rings (SSSR count). The van der Waals surface area contributed by atoms with Crippen LogP contribution >= 0.6 is 11.8 Å². The minimum absolute atomic E-state index is 0.0702. The molecule has 26 heavy (non-hydrogen) atoms. The molecule has 0 bridgehead atoms. The normalized spacial score (nSPS) is 11.2. The fourth-order valence-electron chi connectivity index (χ4n) is 2.24. The van der Waals surface area contributed by atoms with E-state index in [0.717, 1.165) is 6.07 Å². The Balaban J connectivity index is 2.69. The Hall–Kier alpha value is -2.68. The largest absolute Gasteiger partial charge is 0.494 e. The number of halogens is 2. The average molecular weight is 381 g/mol.